The zero-order chi connectivity index (χ0) is 15.0. The first-order valence-corrected chi connectivity index (χ1v) is 9.19. The number of anilines is 1. The largest absolute Gasteiger partial charge is 0.324 e. The molecule has 0 aliphatic carbocycles. The van der Waals surface area contributed by atoms with Gasteiger partial charge in [0, 0.05) is 17.5 Å². The van der Waals surface area contributed by atoms with E-state index in [1.807, 2.05) is 37.3 Å². The zero-order valence-corrected chi connectivity index (χ0v) is 13.5. The van der Waals surface area contributed by atoms with Crippen LogP contribution >= 0.6 is 11.3 Å². The molecule has 1 atom stereocenters. The average Bonchev–Trinajstić information content (AvgIpc) is 2.83. The fourth-order valence-electron chi connectivity index (χ4n) is 2.67. The Hall–Kier alpha value is -1.37. The molecule has 1 aliphatic heterocycles. The average molecular weight is 322 g/mol. The van der Waals surface area contributed by atoms with Crippen molar-refractivity contribution in [3.63, 3.8) is 0 Å². The number of nitrogens with zero attached hydrogens (tertiary/aromatic N) is 1. The Morgan fingerprint density at radius 1 is 1.24 bits per heavy atom. The SMILES string of the molecule is Cc1ccc(S(=O)(=O)N2CCCC(N)c3ccccc32)s1. The van der Waals surface area contributed by atoms with Crippen molar-refractivity contribution < 1.29 is 8.42 Å². The van der Waals surface area contributed by atoms with Crippen LogP contribution in [-0.4, -0.2) is 15.0 Å². The van der Waals surface area contributed by atoms with Crippen molar-refractivity contribution in [3.8, 4) is 0 Å². The van der Waals surface area contributed by atoms with E-state index in [1.54, 1.807) is 6.07 Å². The summed E-state index contributed by atoms with van der Waals surface area (Å²) in [6, 6.07) is 11.0. The lowest BCUT2D eigenvalue weighted by atomic mass is 10.0. The van der Waals surface area contributed by atoms with Crippen LogP contribution in [0.3, 0.4) is 0 Å². The number of thiophene rings is 1. The molecule has 21 heavy (non-hydrogen) atoms. The smallest absolute Gasteiger partial charge is 0.273 e. The molecule has 1 unspecified atom stereocenters. The number of sulfonamides is 1. The molecular weight excluding hydrogens is 304 g/mol. The lowest BCUT2D eigenvalue weighted by molar-refractivity contribution is 0.588. The highest BCUT2D eigenvalue weighted by atomic mass is 32.2. The van der Waals surface area contributed by atoms with Gasteiger partial charge in [0.1, 0.15) is 4.21 Å². The van der Waals surface area contributed by atoms with Gasteiger partial charge < -0.3 is 5.73 Å². The predicted molar refractivity (Wildman–Crippen MR) is 86.2 cm³/mol. The van der Waals surface area contributed by atoms with Crippen LogP contribution in [-0.2, 0) is 10.0 Å². The molecule has 4 nitrogen and oxygen atoms in total. The molecular formula is C15H18N2O2S2. The van der Waals surface area contributed by atoms with Crippen molar-refractivity contribution in [2.75, 3.05) is 10.8 Å². The van der Waals surface area contributed by atoms with E-state index in [9.17, 15) is 8.42 Å². The number of rotatable bonds is 2. The maximum Gasteiger partial charge on any atom is 0.273 e. The maximum atomic E-state index is 12.9. The molecule has 1 aliphatic rings. The summed E-state index contributed by atoms with van der Waals surface area (Å²) in [6.45, 7) is 2.39. The lowest BCUT2D eigenvalue weighted by Crippen LogP contribution is -2.31. The number of para-hydroxylation sites is 1. The Morgan fingerprint density at radius 2 is 2.00 bits per heavy atom. The molecule has 2 N–H and O–H groups in total. The number of hydrogen-bond donors (Lipinski definition) is 1. The maximum absolute atomic E-state index is 12.9. The third-order valence-electron chi connectivity index (χ3n) is 3.74. The van der Waals surface area contributed by atoms with Crippen molar-refractivity contribution in [1.29, 1.82) is 0 Å². The topological polar surface area (TPSA) is 63.4 Å². The molecule has 112 valence electrons. The van der Waals surface area contributed by atoms with Crippen LogP contribution in [0.15, 0.2) is 40.6 Å². The molecule has 2 heterocycles. The molecule has 0 saturated heterocycles. The van der Waals surface area contributed by atoms with Gasteiger partial charge in [-0.3, -0.25) is 4.31 Å². The van der Waals surface area contributed by atoms with Crippen LogP contribution < -0.4 is 10.0 Å². The molecule has 1 aromatic heterocycles. The predicted octanol–water partition coefficient (Wildman–Crippen LogP) is 3.05. The van der Waals surface area contributed by atoms with E-state index in [1.165, 1.54) is 15.6 Å². The molecule has 2 aromatic rings. The first-order chi connectivity index (χ1) is 10.00. The third kappa shape index (κ3) is 2.59. The van der Waals surface area contributed by atoms with Crippen LogP contribution in [0, 0.1) is 6.92 Å². The minimum atomic E-state index is -3.51. The molecule has 0 saturated carbocycles. The van der Waals surface area contributed by atoms with Crippen molar-refractivity contribution in [2.45, 2.75) is 30.0 Å². The van der Waals surface area contributed by atoms with Crippen LogP contribution in [0.1, 0.15) is 29.3 Å². The Morgan fingerprint density at radius 3 is 2.71 bits per heavy atom. The van der Waals surface area contributed by atoms with E-state index >= 15 is 0 Å². The van der Waals surface area contributed by atoms with Crippen molar-refractivity contribution in [1.82, 2.24) is 0 Å². The van der Waals surface area contributed by atoms with Crippen molar-refractivity contribution >= 4 is 27.0 Å². The number of benzene rings is 1. The second-order valence-corrected chi connectivity index (χ2v) is 8.63. The van der Waals surface area contributed by atoms with Gasteiger partial charge in [0.25, 0.3) is 10.0 Å². The van der Waals surface area contributed by atoms with E-state index < -0.39 is 10.0 Å². The summed E-state index contributed by atoms with van der Waals surface area (Å²) in [6.07, 6.45) is 1.56. The van der Waals surface area contributed by atoms with Crippen LogP contribution in [0.4, 0.5) is 5.69 Å². The van der Waals surface area contributed by atoms with Gasteiger partial charge in [-0.15, -0.1) is 11.3 Å². The van der Waals surface area contributed by atoms with Crippen molar-refractivity contribution in [2.24, 2.45) is 5.73 Å². The summed E-state index contributed by atoms with van der Waals surface area (Å²) in [7, 11) is -3.51. The molecule has 0 bridgehead atoms. The van der Waals surface area contributed by atoms with Gasteiger partial charge in [-0.05, 0) is 43.5 Å². The molecule has 6 heteroatoms. The molecule has 1 aromatic carbocycles. The van der Waals surface area contributed by atoms with Gasteiger partial charge in [-0.25, -0.2) is 8.42 Å². The normalized spacial score (nSPS) is 19.1. The number of hydrogen-bond acceptors (Lipinski definition) is 4. The number of fused-ring (bicyclic) bond motifs is 1. The van der Waals surface area contributed by atoms with E-state index in [0.717, 1.165) is 23.3 Å². The summed E-state index contributed by atoms with van der Waals surface area (Å²) in [4.78, 5) is 0.994. The minimum absolute atomic E-state index is 0.105. The summed E-state index contributed by atoms with van der Waals surface area (Å²) < 4.78 is 27.7. The summed E-state index contributed by atoms with van der Waals surface area (Å²) in [5.41, 5.74) is 7.80. The summed E-state index contributed by atoms with van der Waals surface area (Å²) >= 11 is 1.31. The van der Waals surface area contributed by atoms with Gasteiger partial charge in [0.15, 0.2) is 0 Å². The zero-order valence-electron chi connectivity index (χ0n) is 11.8. The van der Waals surface area contributed by atoms with Gasteiger partial charge in [-0.1, -0.05) is 18.2 Å². The fourth-order valence-corrected chi connectivity index (χ4v) is 5.59. The molecule has 0 radical (unpaired) electrons. The molecule has 0 spiro atoms. The van der Waals surface area contributed by atoms with Gasteiger partial charge in [0.2, 0.25) is 0 Å². The highest BCUT2D eigenvalue weighted by Crippen LogP contribution is 2.36. The standard InChI is InChI=1S/C15H18N2O2S2/c1-11-8-9-15(20-11)21(18,19)17-10-4-6-13(16)12-5-2-3-7-14(12)17/h2-3,5,7-9,13H,4,6,10,16H2,1H3. The first kappa shape index (κ1) is 14.6. The Balaban J connectivity index is 2.12. The lowest BCUT2D eigenvalue weighted by Gasteiger charge is -2.24. The van der Waals surface area contributed by atoms with Crippen LogP contribution in [0.2, 0.25) is 0 Å². The molecule has 0 amide bonds. The number of nitrogens with two attached hydrogens (primary N) is 1. The van der Waals surface area contributed by atoms with Gasteiger partial charge in [-0.2, -0.15) is 0 Å². The quantitative estimate of drug-likeness (QED) is 0.924. The minimum Gasteiger partial charge on any atom is -0.324 e. The molecule has 3 rings (SSSR count). The van der Waals surface area contributed by atoms with Gasteiger partial charge >= 0.3 is 0 Å². The Kier molecular flexibility index (Phi) is 3.77. The van der Waals surface area contributed by atoms with Crippen LogP contribution in [0.25, 0.3) is 0 Å². The first-order valence-electron chi connectivity index (χ1n) is 6.94. The van der Waals surface area contributed by atoms with E-state index in [0.29, 0.717) is 16.4 Å². The van der Waals surface area contributed by atoms with E-state index in [4.69, 9.17) is 5.73 Å². The van der Waals surface area contributed by atoms with E-state index in [2.05, 4.69) is 0 Å². The Labute approximate surface area is 129 Å². The second-order valence-electron chi connectivity index (χ2n) is 5.25. The van der Waals surface area contributed by atoms with Crippen molar-refractivity contribution in [3.05, 3.63) is 46.8 Å². The summed E-state index contributed by atoms with van der Waals surface area (Å²) in [5.74, 6) is 0. The van der Waals surface area contributed by atoms with Gasteiger partial charge in [0.05, 0.1) is 5.69 Å². The number of aryl methyl sites for hydroxylation is 1. The second kappa shape index (κ2) is 5.44. The van der Waals surface area contributed by atoms with Crippen LogP contribution in [0.5, 0.6) is 0 Å². The monoisotopic (exact) mass is 322 g/mol. The molecule has 0 fully saturated rings. The highest BCUT2D eigenvalue weighted by Gasteiger charge is 2.30. The Bertz CT molecular complexity index is 753. The third-order valence-corrected chi connectivity index (χ3v) is 7.02. The summed E-state index contributed by atoms with van der Waals surface area (Å²) in [5, 5.41) is 0. The van der Waals surface area contributed by atoms with E-state index in [-0.39, 0.29) is 6.04 Å². The fraction of sp³-hybridized carbons (Fsp3) is 0.333. The highest BCUT2D eigenvalue weighted by molar-refractivity contribution is 7.94.